The zero-order valence-electron chi connectivity index (χ0n) is 14.7. The molecule has 6 nitrogen and oxygen atoms in total. The largest absolute Gasteiger partial charge is 0.496 e. The molecule has 0 bridgehead atoms. The molecular formula is C19H23N3O3. The number of nitrogens with zero attached hydrogens (tertiary/aromatic N) is 3. The van der Waals surface area contributed by atoms with E-state index in [1.807, 2.05) is 24.4 Å². The van der Waals surface area contributed by atoms with Crippen LogP contribution in [-0.4, -0.2) is 50.0 Å². The summed E-state index contributed by atoms with van der Waals surface area (Å²) in [6, 6.07) is 8.06. The van der Waals surface area contributed by atoms with Gasteiger partial charge in [0.15, 0.2) is 11.5 Å². The predicted octanol–water partition coefficient (Wildman–Crippen LogP) is 2.45. The number of hydrogen-bond acceptors (Lipinski definition) is 6. The summed E-state index contributed by atoms with van der Waals surface area (Å²) in [6.07, 6.45) is 1.87. The normalized spacial score (nSPS) is 17.0. The number of aromatic nitrogens is 1. The average molecular weight is 341 g/mol. The third kappa shape index (κ3) is 3.22. The Morgan fingerprint density at radius 2 is 1.88 bits per heavy atom. The average Bonchev–Trinajstić information content (AvgIpc) is 3.09. The Balaban J connectivity index is 1.43. The standard InChI is InChI=1S/C19H23N3O3/c1-14-4-3-5-20-19(14)22-8-6-21(7-9-22)12-15-10-17-18(25-13-24-17)11-16(15)23-2/h3-5,10-11H,6-9,12-13H2,1-2H3. The lowest BCUT2D eigenvalue weighted by molar-refractivity contribution is 0.173. The lowest BCUT2D eigenvalue weighted by atomic mass is 10.1. The molecule has 0 unspecified atom stereocenters. The molecule has 4 rings (SSSR count). The van der Waals surface area contributed by atoms with Crippen molar-refractivity contribution in [1.29, 1.82) is 0 Å². The molecule has 0 N–H and O–H groups in total. The summed E-state index contributed by atoms with van der Waals surface area (Å²) in [7, 11) is 1.70. The number of ether oxygens (including phenoxy) is 3. The van der Waals surface area contributed by atoms with Crippen LogP contribution < -0.4 is 19.1 Å². The van der Waals surface area contributed by atoms with Gasteiger partial charge < -0.3 is 19.1 Å². The van der Waals surface area contributed by atoms with Crippen molar-refractivity contribution < 1.29 is 14.2 Å². The van der Waals surface area contributed by atoms with Crippen molar-refractivity contribution in [3.05, 3.63) is 41.6 Å². The maximum absolute atomic E-state index is 5.54. The van der Waals surface area contributed by atoms with Crippen LogP contribution in [0, 0.1) is 6.92 Å². The van der Waals surface area contributed by atoms with Gasteiger partial charge in [0.2, 0.25) is 6.79 Å². The third-order valence-electron chi connectivity index (χ3n) is 4.82. The Morgan fingerprint density at radius 1 is 1.12 bits per heavy atom. The van der Waals surface area contributed by atoms with E-state index in [9.17, 15) is 0 Å². The Hall–Kier alpha value is -2.47. The predicted molar refractivity (Wildman–Crippen MR) is 95.6 cm³/mol. The van der Waals surface area contributed by atoms with Gasteiger partial charge in [-0.3, -0.25) is 4.90 Å². The Morgan fingerprint density at radius 3 is 2.60 bits per heavy atom. The number of piperazine rings is 1. The highest BCUT2D eigenvalue weighted by Gasteiger charge is 2.22. The van der Waals surface area contributed by atoms with Gasteiger partial charge in [0, 0.05) is 50.6 Å². The van der Waals surface area contributed by atoms with Gasteiger partial charge in [0.1, 0.15) is 11.6 Å². The van der Waals surface area contributed by atoms with E-state index >= 15 is 0 Å². The van der Waals surface area contributed by atoms with E-state index in [0.29, 0.717) is 0 Å². The number of hydrogen-bond donors (Lipinski definition) is 0. The van der Waals surface area contributed by atoms with E-state index in [1.165, 1.54) is 5.56 Å². The highest BCUT2D eigenvalue weighted by Crippen LogP contribution is 2.38. The summed E-state index contributed by atoms with van der Waals surface area (Å²) in [5.74, 6) is 3.52. The van der Waals surface area contributed by atoms with Crippen molar-refractivity contribution in [3.63, 3.8) is 0 Å². The maximum Gasteiger partial charge on any atom is 0.231 e. The van der Waals surface area contributed by atoms with Crippen LogP contribution in [-0.2, 0) is 6.54 Å². The Labute approximate surface area is 147 Å². The second-order valence-corrected chi connectivity index (χ2v) is 6.42. The molecule has 0 radical (unpaired) electrons. The minimum atomic E-state index is 0.282. The van der Waals surface area contributed by atoms with Crippen LogP contribution in [0.15, 0.2) is 30.5 Å². The van der Waals surface area contributed by atoms with Crippen LogP contribution in [0.4, 0.5) is 5.82 Å². The highest BCUT2D eigenvalue weighted by molar-refractivity contribution is 5.52. The van der Waals surface area contributed by atoms with Crippen molar-refractivity contribution in [2.24, 2.45) is 0 Å². The second kappa shape index (κ2) is 6.80. The summed E-state index contributed by atoms with van der Waals surface area (Å²) >= 11 is 0. The SMILES string of the molecule is COc1cc2c(cc1CN1CCN(c3ncccc3C)CC1)OCO2. The van der Waals surface area contributed by atoms with E-state index in [2.05, 4.69) is 27.8 Å². The number of anilines is 1. The first-order chi connectivity index (χ1) is 12.2. The molecule has 1 aromatic carbocycles. The molecule has 0 saturated carbocycles. The first-order valence-corrected chi connectivity index (χ1v) is 8.60. The molecule has 2 aromatic rings. The number of benzene rings is 1. The Bertz CT molecular complexity index is 758. The number of rotatable bonds is 4. The molecule has 1 aromatic heterocycles. The number of aryl methyl sites for hydroxylation is 1. The molecule has 1 fully saturated rings. The zero-order valence-corrected chi connectivity index (χ0v) is 14.7. The van der Waals surface area contributed by atoms with Gasteiger partial charge in [0.25, 0.3) is 0 Å². The van der Waals surface area contributed by atoms with Gasteiger partial charge in [-0.25, -0.2) is 4.98 Å². The van der Waals surface area contributed by atoms with E-state index in [1.54, 1.807) is 7.11 Å². The molecule has 0 atom stereocenters. The van der Waals surface area contributed by atoms with Crippen molar-refractivity contribution in [2.75, 3.05) is 45.0 Å². The van der Waals surface area contributed by atoms with E-state index < -0.39 is 0 Å². The monoisotopic (exact) mass is 341 g/mol. The van der Waals surface area contributed by atoms with Crippen molar-refractivity contribution >= 4 is 5.82 Å². The first-order valence-electron chi connectivity index (χ1n) is 8.60. The minimum absolute atomic E-state index is 0.282. The van der Waals surface area contributed by atoms with Crippen LogP contribution in [0.25, 0.3) is 0 Å². The van der Waals surface area contributed by atoms with Crippen molar-refractivity contribution in [2.45, 2.75) is 13.5 Å². The van der Waals surface area contributed by atoms with Crippen LogP contribution in [0.3, 0.4) is 0 Å². The van der Waals surface area contributed by atoms with Crippen LogP contribution in [0.5, 0.6) is 17.2 Å². The molecule has 0 spiro atoms. The molecule has 0 amide bonds. The summed E-state index contributed by atoms with van der Waals surface area (Å²) in [5, 5.41) is 0. The van der Waals surface area contributed by atoms with Crippen LogP contribution in [0.2, 0.25) is 0 Å². The van der Waals surface area contributed by atoms with E-state index in [0.717, 1.165) is 61.4 Å². The lowest BCUT2D eigenvalue weighted by Gasteiger charge is -2.36. The number of pyridine rings is 1. The maximum atomic E-state index is 5.54. The number of methoxy groups -OCH3 is 1. The summed E-state index contributed by atoms with van der Waals surface area (Å²) in [5.41, 5.74) is 2.36. The quantitative estimate of drug-likeness (QED) is 0.851. The summed E-state index contributed by atoms with van der Waals surface area (Å²) < 4.78 is 16.5. The molecule has 0 aliphatic carbocycles. The fourth-order valence-electron chi connectivity index (χ4n) is 3.45. The van der Waals surface area contributed by atoms with Crippen LogP contribution in [0.1, 0.15) is 11.1 Å². The molecular weight excluding hydrogens is 318 g/mol. The van der Waals surface area contributed by atoms with Gasteiger partial charge in [0.05, 0.1) is 7.11 Å². The lowest BCUT2D eigenvalue weighted by Crippen LogP contribution is -2.46. The zero-order chi connectivity index (χ0) is 17.2. The molecule has 2 aliphatic heterocycles. The molecule has 132 valence electrons. The van der Waals surface area contributed by atoms with Gasteiger partial charge in [-0.1, -0.05) is 6.07 Å². The van der Waals surface area contributed by atoms with Crippen molar-refractivity contribution in [3.8, 4) is 17.2 Å². The summed E-state index contributed by atoms with van der Waals surface area (Å²) in [4.78, 5) is 9.34. The van der Waals surface area contributed by atoms with Gasteiger partial charge in [-0.05, 0) is 24.6 Å². The molecule has 6 heteroatoms. The summed E-state index contributed by atoms with van der Waals surface area (Å²) in [6.45, 7) is 7.18. The number of fused-ring (bicyclic) bond motifs is 1. The Kier molecular flexibility index (Phi) is 4.36. The van der Waals surface area contributed by atoms with Gasteiger partial charge in [-0.2, -0.15) is 0 Å². The minimum Gasteiger partial charge on any atom is -0.496 e. The molecule has 2 aliphatic rings. The second-order valence-electron chi connectivity index (χ2n) is 6.42. The van der Waals surface area contributed by atoms with Gasteiger partial charge >= 0.3 is 0 Å². The molecule has 25 heavy (non-hydrogen) atoms. The fourth-order valence-corrected chi connectivity index (χ4v) is 3.45. The fraction of sp³-hybridized carbons (Fsp3) is 0.421. The van der Waals surface area contributed by atoms with Crippen molar-refractivity contribution in [1.82, 2.24) is 9.88 Å². The van der Waals surface area contributed by atoms with Crippen LogP contribution >= 0.6 is 0 Å². The molecule has 3 heterocycles. The van der Waals surface area contributed by atoms with E-state index in [-0.39, 0.29) is 6.79 Å². The highest BCUT2D eigenvalue weighted by atomic mass is 16.7. The first kappa shape index (κ1) is 16.0. The van der Waals surface area contributed by atoms with Gasteiger partial charge in [-0.15, -0.1) is 0 Å². The topological polar surface area (TPSA) is 47.1 Å². The van der Waals surface area contributed by atoms with E-state index in [4.69, 9.17) is 14.2 Å². The molecule has 1 saturated heterocycles. The third-order valence-corrected chi connectivity index (χ3v) is 4.82. The smallest absolute Gasteiger partial charge is 0.231 e.